The van der Waals surface area contributed by atoms with Crippen LogP contribution in [0.4, 0.5) is 5.69 Å². The van der Waals surface area contributed by atoms with E-state index < -0.39 is 5.92 Å². The predicted octanol–water partition coefficient (Wildman–Crippen LogP) is 8.25. The molecule has 0 bridgehead atoms. The Morgan fingerprint density at radius 1 is 0.830 bits per heavy atom. The summed E-state index contributed by atoms with van der Waals surface area (Å²) in [5.74, 6) is 0.0353. The van der Waals surface area contributed by atoms with Crippen LogP contribution in [0.2, 0.25) is 5.02 Å². The van der Waals surface area contributed by atoms with Crippen LogP contribution in [0.1, 0.15) is 70.4 Å². The molecule has 1 heterocycles. The molecular weight excluding hydrogens is 612 g/mol. The number of carbonyl (C=O) groups is 3. The van der Waals surface area contributed by atoms with Crippen LogP contribution in [0.5, 0.6) is 11.5 Å². The van der Waals surface area contributed by atoms with Crippen molar-refractivity contribution in [2.75, 3.05) is 19.0 Å². The lowest BCUT2D eigenvalue weighted by molar-refractivity contribution is -0.120. The molecule has 7 nitrogen and oxygen atoms in total. The molecule has 3 aromatic rings. The van der Waals surface area contributed by atoms with Crippen LogP contribution in [0, 0.1) is 10.8 Å². The highest BCUT2D eigenvalue weighted by molar-refractivity contribution is 6.33. The number of halogens is 1. The van der Waals surface area contributed by atoms with Gasteiger partial charge in [0.15, 0.2) is 29.7 Å². The van der Waals surface area contributed by atoms with Gasteiger partial charge in [0.2, 0.25) is 0 Å². The third-order valence-corrected chi connectivity index (χ3v) is 9.56. The monoisotopic (exact) mass is 652 g/mol. The second kappa shape index (κ2) is 12.7. The Balaban J connectivity index is 1.40. The van der Waals surface area contributed by atoms with E-state index in [4.69, 9.17) is 21.1 Å². The third-order valence-electron chi connectivity index (χ3n) is 9.23. The molecule has 1 aliphatic heterocycles. The van der Waals surface area contributed by atoms with Gasteiger partial charge in [-0.05, 0) is 59.1 Å². The number of methoxy groups -OCH3 is 1. The van der Waals surface area contributed by atoms with Crippen molar-refractivity contribution in [1.82, 2.24) is 4.90 Å². The Morgan fingerprint density at radius 2 is 1.43 bits per heavy atom. The Labute approximate surface area is 281 Å². The van der Waals surface area contributed by atoms with E-state index >= 15 is 0 Å². The maximum Gasteiger partial charge on any atom is 0.262 e. The van der Waals surface area contributed by atoms with Crippen LogP contribution in [0.15, 0.2) is 95.3 Å². The number of rotatable bonds is 8. The summed E-state index contributed by atoms with van der Waals surface area (Å²) >= 11 is 6.19. The van der Waals surface area contributed by atoms with Gasteiger partial charge >= 0.3 is 0 Å². The van der Waals surface area contributed by atoms with Crippen LogP contribution < -0.4 is 14.8 Å². The number of para-hydroxylation sites is 1. The summed E-state index contributed by atoms with van der Waals surface area (Å²) in [5, 5.41) is 3.19. The summed E-state index contributed by atoms with van der Waals surface area (Å²) in [5.41, 5.74) is 5.36. The van der Waals surface area contributed by atoms with Gasteiger partial charge in [0.1, 0.15) is 0 Å². The average molecular weight is 653 g/mol. The van der Waals surface area contributed by atoms with Crippen molar-refractivity contribution < 1.29 is 23.9 Å². The molecule has 0 fully saturated rings. The Kier molecular flexibility index (Phi) is 8.79. The van der Waals surface area contributed by atoms with Gasteiger partial charge < -0.3 is 19.7 Å². The second-order valence-corrected chi connectivity index (χ2v) is 14.7. The zero-order chi connectivity index (χ0) is 33.5. The van der Waals surface area contributed by atoms with Gasteiger partial charge in [0.25, 0.3) is 5.91 Å². The van der Waals surface area contributed by atoms with E-state index in [1.165, 1.54) is 7.11 Å². The molecule has 8 heteroatoms. The minimum absolute atomic E-state index is 0.0685. The molecular formula is C39H41ClN2O5. The summed E-state index contributed by atoms with van der Waals surface area (Å²) in [6.07, 6.45) is 2.26. The molecule has 3 aliphatic rings. The van der Waals surface area contributed by atoms with Gasteiger partial charge in [0, 0.05) is 47.8 Å². The van der Waals surface area contributed by atoms with Crippen molar-refractivity contribution in [1.29, 1.82) is 0 Å². The molecule has 1 amide bonds. The van der Waals surface area contributed by atoms with Gasteiger partial charge in [-0.1, -0.05) is 87.8 Å². The van der Waals surface area contributed by atoms with Crippen LogP contribution >= 0.6 is 11.6 Å². The smallest absolute Gasteiger partial charge is 0.262 e. The van der Waals surface area contributed by atoms with Crippen LogP contribution in [-0.2, 0) is 20.9 Å². The number of amides is 1. The Morgan fingerprint density at radius 3 is 2.02 bits per heavy atom. The van der Waals surface area contributed by atoms with Crippen LogP contribution in [0.3, 0.4) is 0 Å². The summed E-state index contributed by atoms with van der Waals surface area (Å²) in [6.45, 7) is 8.89. The molecule has 0 saturated carbocycles. The Bertz CT molecular complexity index is 1750. The average Bonchev–Trinajstić information content (AvgIpc) is 3.01. The van der Waals surface area contributed by atoms with Gasteiger partial charge in [-0.3, -0.25) is 14.4 Å². The number of nitrogens with one attached hydrogen (secondary N) is 1. The molecule has 0 unspecified atom stereocenters. The summed E-state index contributed by atoms with van der Waals surface area (Å²) in [4.78, 5) is 43.3. The zero-order valence-electron chi connectivity index (χ0n) is 27.6. The van der Waals surface area contributed by atoms with Crippen molar-refractivity contribution in [3.05, 3.63) is 111 Å². The lowest BCUT2D eigenvalue weighted by Gasteiger charge is -2.49. The summed E-state index contributed by atoms with van der Waals surface area (Å²) in [7, 11) is 1.54. The van der Waals surface area contributed by atoms with Crippen molar-refractivity contribution in [2.45, 2.75) is 65.8 Å². The lowest BCUT2D eigenvalue weighted by Crippen LogP contribution is -2.44. The number of hydrogen-bond acceptors (Lipinski definition) is 6. The number of hydrogen-bond donors (Lipinski definition) is 1. The van der Waals surface area contributed by atoms with Crippen LogP contribution in [0.25, 0.3) is 0 Å². The maximum absolute atomic E-state index is 14.2. The van der Waals surface area contributed by atoms with Gasteiger partial charge in [-0.25, -0.2) is 0 Å². The quantitative estimate of drug-likeness (QED) is 0.264. The standard InChI is InChI=1S/C39H41ClN2O5/c1-38(2)18-28-36(30(43)20-38)35(37-29(19-39(3,4)21-31(37)44)42(28)22-24-11-7-6-8-12-24)25-15-16-32(33(17-25)46-5)47-23-34(45)41-27-14-10-9-13-26(27)40/h6-17,35H,18-23H2,1-5H3,(H,41,45). The molecule has 3 aromatic carbocycles. The number of ether oxygens (including phenoxy) is 2. The fourth-order valence-corrected chi connectivity index (χ4v) is 7.40. The topological polar surface area (TPSA) is 84.9 Å². The highest BCUT2D eigenvalue weighted by Crippen LogP contribution is 2.55. The zero-order valence-corrected chi connectivity index (χ0v) is 28.4. The van der Waals surface area contributed by atoms with Crippen molar-refractivity contribution in [2.24, 2.45) is 10.8 Å². The van der Waals surface area contributed by atoms with Crippen molar-refractivity contribution in [3.8, 4) is 11.5 Å². The van der Waals surface area contributed by atoms with E-state index in [9.17, 15) is 14.4 Å². The molecule has 0 spiro atoms. The summed E-state index contributed by atoms with van der Waals surface area (Å²) < 4.78 is 11.6. The first-order valence-corrected chi connectivity index (χ1v) is 16.4. The highest BCUT2D eigenvalue weighted by atomic mass is 35.5. The number of allylic oxidation sites excluding steroid dienone is 4. The molecule has 6 rings (SSSR count). The van der Waals surface area contributed by atoms with Gasteiger partial charge in [0.05, 0.1) is 17.8 Å². The van der Waals surface area contributed by atoms with E-state index in [0.29, 0.717) is 52.7 Å². The van der Waals surface area contributed by atoms with E-state index in [1.54, 1.807) is 30.3 Å². The number of benzene rings is 3. The largest absolute Gasteiger partial charge is 0.493 e. The molecule has 0 aromatic heterocycles. The molecule has 0 saturated heterocycles. The van der Waals surface area contributed by atoms with Crippen molar-refractivity contribution >= 4 is 34.8 Å². The lowest BCUT2D eigenvalue weighted by atomic mass is 9.63. The number of nitrogens with zero attached hydrogens (tertiary/aromatic N) is 1. The van der Waals surface area contributed by atoms with Gasteiger partial charge in [-0.15, -0.1) is 0 Å². The normalized spacial score (nSPS) is 18.9. The fraction of sp³-hybridized carbons (Fsp3) is 0.359. The first-order chi connectivity index (χ1) is 22.4. The maximum atomic E-state index is 14.2. The van der Waals surface area contributed by atoms with E-state index in [0.717, 1.165) is 35.4 Å². The minimum atomic E-state index is -0.523. The number of anilines is 1. The molecule has 2 aliphatic carbocycles. The van der Waals surface area contributed by atoms with E-state index in [1.807, 2.05) is 30.3 Å². The molecule has 244 valence electrons. The van der Waals surface area contributed by atoms with E-state index in [-0.39, 0.29) is 34.9 Å². The first-order valence-electron chi connectivity index (χ1n) is 16.0. The molecule has 1 N–H and O–H groups in total. The third kappa shape index (κ3) is 6.72. The first kappa shape index (κ1) is 32.6. The minimum Gasteiger partial charge on any atom is -0.493 e. The summed E-state index contributed by atoms with van der Waals surface area (Å²) in [6, 6.07) is 22.7. The van der Waals surface area contributed by atoms with Gasteiger partial charge in [-0.2, -0.15) is 0 Å². The SMILES string of the molecule is COc1cc(C2C3=C(CC(C)(C)CC3=O)N(Cc3ccccc3)C3=C2C(=O)CC(C)(C)C3)ccc1OCC(=O)Nc1ccccc1Cl. The molecule has 0 radical (unpaired) electrons. The van der Waals surface area contributed by atoms with Crippen LogP contribution in [-0.4, -0.2) is 36.1 Å². The fourth-order valence-electron chi connectivity index (χ4n) is 7.21. The number of carbonyl (C=O) groups excluding carboxylic acids is 3. The van der Waals surface area contributed by atoms with E-state index in [2.05, 4.69) is 50.0 Å². The predicted molar refractivity (Wildman–Crippen MR) is 183 cm³/mol. The van der Waals surface area contributed by atoms with Crippen molar-refractivity contribution in [3.63, 3.8) is 0 Å². The molecule has 47 heavy (non-hydrogen) atoms. The second-order valence-electron chi connectivity index (χ2n) is 14.3. The Hall–Kier alpha value is -4.36. The molecule has 0 atom stereocenters. The highest BCUT2D eigenvalue weighted by Gasteiger charge is 2.49. The number of Topliss-reactive ketones (excluding diaryl/α,β-unsaturated/α-hetero) is 2. The number of ketones is 2.